The Morgan fingerprint density at radius 1 is 0.952 bits per heavy atom. The monoisotopic (exact) mass is 348 g/mol. The molecule has 0 aliphatic carbocycles. The maximum absolute atomic E-state index is 5.62. The Morgan fingerprint density at radius 3 is 2.05 bits per heavy atom. The summed E-state index contributed by atoms with van der Waals surface area (Å²) in [5.41, 5.74) is 7.06. The van der Waals surface area contributed by atoms with E-state index < -0.39 is 0 Å². The molecule has 0 aliphatic heterocycles. The average molecular weight is 349 g/mol. The van der Waals surface area contributed by atoms with Crippen LogP contribution in [-0.4, -0.2) is 0 Å². The average Bonchev–Trinajstić information content (AvgIpc) is 3.01. The third-order valence-corrected chi connectivity index (χ3v) is 5.16. The molecule has 0 saturated heterocycles. The minimum Gasteiger partial charge on any atom is -0.469 e. The largest absolute Gasteiger partial charge is 0.469 e. The van der Waals surface area contributed by atoms with Crippen molar-refractivity contribution in [3.05, 3.63) is 58.0 Å². The van der Waals surface area contributed by atoms with Crippen LogP contribution in [0.25, 0.3) is 0 Å². The molecule has 1 nitrogen and oxygen atoms in total. The molecular formula is C19H25BrO. The third kappa shape index (κ3) is 3.26. The molecule has 0 spiro atoms. The van der Waals surface area contributed by atoms with Crippen molar-refractivity contribution in [1.82, 2.24) is 0 Å². The van der Waals surface area contributed by atoms with Crippen molar-refractivity contribution < 1.29 is 4.42 Å². The zero-order valence-corrected chi connectivity index (χ0v) is 15.1. The van der Waals surface area contributed by atoms with Crippen molar-refractivity contribution in [2.24, 2.45) is 0 Å². The van der Waals surface area contributed by atoms with Crippen LogP contribution in [0.3, 0.4) is 0 Å². The molecular weight excluding hydrogens is 324 g/mol. The van der Waals surface area contributed by atoms with Crippen molar-refractivity contribution in [3.63, 3.8) is 0 Å². The van der Waals surface area contributed by atoms with Gasteiger partial charge in [0.05, 0.1) is 11.1 Å². The second-order valence-corrected chi connectivity index (χ2v) is 6.32. The molecule has 0 fully saturated rings. The maximum atomic E-state index is 5.62. The van der Waals surface area contributed by atoms with Crippen LogP contribution in [-0.2, 0) is 25.7 Å². The molecule has 1 atom stereocenters. The van der Waals surface area contributed by atoms with E-state index in [2.05, 4.69) is 61.8 Å². The van der Waals surface area contributed by atoms with Crippen molar-refractivity contribution >= 4 is 15.9 Å². The van der Waals surface area contributed by atoms with Crippen LogP contribution in [0.4, 0.5) is 0 Å². The van der Waals surface area contributed by atoms with E-state index in [1.165, 1.54) is 27.8 Å². The predicted molar refractivity (Wildman–Crippen MR) is 93.4 cm³/mol. The van der Waals surface area contributed by atoms with E-state index in [0.717, 1.165) is 31.4 Å². The van der Waals surface area contributed by atoms with Crippen molar-refractivity contribution in [3.8, 4) is 0 Å². The van der Waals surface area contributed by atoms with Crippen molar-refractivity contribution in [1.29, 1.82) is 0 Å². The molecule has 1 aromatic carbocycles. The topological polar surface area (TPSA) is 13.1 Å². The smallest absolute Gasteiger partial charge is 0.108 e. The minimum atomic E-state index is 0.224. The molecule has 0 saturated carbocycles. The van der Waals surface area contributed by atoms with Gasteiger partial charge in [-0.3, -0.25) is 0 Å². The molecule has 0 aliphatic rings. The molecule has 0 amide bonds. The number of alkyl halides is 1. The number of halogens is 1. The van der Waals surface area contributed by atoms with Gasteiger partial charge in [-0.2, -0.15) is 0 Å². The number of rotatable bonds is 6. The van der Waals surface area contributed by atoms with Gasteiger partial charge in [-0.05, 0) is 47.6 Å². The van der Waals surface area contributed by atoms with Gasteiger partial charge in [-0.25, -0.2) is 0 Å². The number of benzene rings is 1. The number of hydrogen-bond acceptors (Lipinski definition) is 1. The Hall–Kier alpha value is -1.02. The number of hydrogen-bond donors (Lipinski definition) is 0. The molecule has 1 unspecified atom stereocenters. The van der Waals surface area contributed by atoms with Gasteiger partial charge in [0.15, 0.2) is 0 Å². The van der Waals surface area contributed by atoms with E-state index in [4.69, 9.17) is 4.42 Å². The summed E-state index contributed by atoms with van der Waals surface area (Å²) in [5.74, 6) is 1.08. The van der Waals surface area contributed by atoms with Crippen LogP contribution in [0.1, 0.15) is 66.1 Å². The molecule has 0 bridgehead atoms. The highest BCUT2D eigenvalue weighted by atomic mass is 79.9. The SMILES string of the molecule is CCc1cc(CC)c(C(Br)c2ccoc2CC)c(CC)c1. The molecule has 2 aromatic rings. The molecule has 21 heavy (non-hydrogen) atoms. The van der Waals surface area contributed by atoms with Crippen LogP contribution in [0.15, 0.2) is 28.9 Å². The van der Waals surface area contributed by atoms with E-state index in [-0.39, 0.29) is 4.83 Å². The van der Waals surface area contributed by atoms with Gasteiger partial charge < -0.3 is 4.42 Å². The highest BCUT2D eigenvalue weighted by Gasteiger charge is 2.21. The summed E-state index contributed by atoms with van der Waals surface area (Å²) in [6.45, 7) is 8.86. The van der Waals surface area contributed by atoms with Crippen molar-refractivity contribution in [2.45, 2.75) is 58.2 Å². The molecule has 2 heteroatoms. The first-order valence-electron chi connectivity index (χ1n) is 8.00. The quantitative estimate of drug-likeness (QED) is 0.582. The zero-order chi connectivity index (χ0) is 15.4. The highest BCUT2D eigenvalue weighted by Crippen LogP contribution is 2.38. The Morgan fingerprint density at radius 2 is 1.57 bits per heavy atom. The molecule has 0 radical (unpaired) electrons. The fourth-order valence-corrected chi connectivity index (χ4v) is 3.98. The Bertz CT molecular complexity index is 572. The van der Waals surface area contributed by atoms with Gasteiger partial charge in [0, 0.05) is 12.0 Å². The summed E-state index contributed by atoms with van der Waals surface area (Å²) >= 11 is 3.93. The fraction of sp³-hybridized carbons (Fsp3) is 0.474. The first-order chi connectivity index (χ1) is 10.2. The zero-order valence-electron chi connectivity index (χ0n) is 13.5. The van der Waals surface area contributed by atoms with Crippen LogP contribution >= 0.6 is 15.9 Å². The predicted octanol–water partition coefficient (Wildman–Crippen LogP) is 6.01. The van der Waals surface area contributed by atoms with E-state index in [1.54, 1.807) is 6.26 Å². The summed E-state index contributed by atoms with van der Waals surface area (Å²) in [7, 11) is 0. The lowest BCUT2D eigenvalue weighted by Crippen LogP contribution is -2.05. The highest BCUT2D eigenvalue weighted by molar-refractivity contribution is 9.09. The van der Waals surface area contributed by atoms with E-state index in [9.17, 15) is 0 Å². The summed E-state index contributed by atoms with van der Waals surface area (Å²) < 4.78 is 5.62. The first-order valence-corrected chi connectivity index (χ1v) is 8.92. The molecule has 114 valence electrons. The minimum absolute atomic E-state index is 0.224. The lowest BCUT2D eigenvalue weighted by Gasteiger charge is -2.20. The lowest BCUT2D eigenvalue weighted by molar-refractivity contribution is 0.512. The summed E-state index contributed by atoms with van der Waals surface area (Å²) in [4.78, 5) is 0.224. The summed E-state index contributed by atoms with van der Waals surface area (Å²) in [6.07, 6.45) is 5.97. The van der Waals surface area contributed by atoms with Gasteiger partial charge in [0.25, 0.3) is 0 Å². The number of furan rings is 1. The van der Waals surface area contributed by atoms with Gasteiger partial charge in [-0.1, -0.05) is 55.8 Å². The van der Waals surface area contributed by atoms with E-state index in [0.29, 0.717) is 0 Å². The van der Waals surface area contributed by atoms with Crippen LogP contribution < -0.4 is 0 Å². The van der Waals surface area contributed by atoms with Gasteiger partial charge in [0.1, 0.15) is 5.76 Å². The second kappa shape index (κ2) is 7.31. The third-order valence-electron chi connectivity index (χ3n) is 4.21. The van der Waals surface area contributed by atoms with Crippen LogP contribution in [0.5, 0.6) is 0 Å². The van der Waals surface area contributed by atoms with Gasteiger partial charge >= 0.3 is 0 Å². The second-order valence-electron chi connectivity index (χ2n) is 5.40. The lowest BCUT2D eigenvalue weighted by atomic mass is 9.89. The standard InChI is InChI=1S/C19H25BrO/c1-5-13-11-14(6-2)18(15(7-3)12-13)19(20)16-9-10-21-17(16)8-4/h9-12,19H,5-8H2,1-4H3. The Kier molecular flexibility index (Phi) is 5.69. The maximum Gasteiger partial charge on any atom is 0.108 e. The Labute approximate surface area is 136 Å². The normalized spacial score (nSPS) is 12.6. The fourth-order valence-electron chi connectivity index (χ4n) is 2.98. The first kappa shape index (κ1) is 16.4. The summed E-state index contributed by atoms with van der Waals surface area (Å²) in [5, 5.41) is 0. The molecule has 2 rings (SSSR count). The van der Waals surface area contributed by atoms with Crippen LogP contribution in [0, 0.1) is 0 Å². The molecule has 1 aromatic heterocycles. The molecule has 1 heterocycles. The van der Waals surface area contributed by atoms with Gasteiger partial charge in [-0.15, -0.1) is 0 Å². The van der Waals surface area contributed by atoms with Crippen LogP contribution in [0.2, 0.25) is 0 Å². The molecule has 0 N–H and O–H groups in total. The van der Waals surface area contributed by atoms with E-state index >= 15 is 0 Å². The van der Waals surface area contributed by atoms with Gasteiger partial charge in [0.2, 0.25) is 0 Å². The summed E-state index contributed by atoms with van der Waals surface area (Å²) in [6, 6.07) is 6.84. The Balaban J connectivity index is 2.56. The number of aryl methyl sites for hydroxylation is 4. The van der Waals surface area contributed by atoms with Crippen molar-refractivity contribution in [2.75, 3.05) is 0 Å². The van der Waals surface area contributed by atoms with E-state index in [1.807, 2.05) is 0 Å².